The Morgan fingerprint density at radius 1 is 1.12 bits per heavy atom. The summed E-state index contributed by atoms with van der Waals surface area (Å²) in [6.45, 7) is 3.00. The molecule has 0 radical (unpaired) electrons. The highest BCUT2D eigenvalue weighted by molar-refractivity contribution is 7.89. The number of hydrogen-bond acceptors (Lipinski definition) is 7. The van der Waals surface area contributed by atoms with Crippen LogP contribution in [0.3, 0.4) is 0 Å². The smallest absolute Gasteiger partial charge is 0.255 e. The van der Waals surface area contributed by atoms with Crippen LogP contribution in [0, 0.1) is 0 Å². The summed E-state index contributed by atoms with van der Waals surface area (Å²) in [5, 5.41) is 3.22. The fourth-order valence-corrected chi connectivity index (χ4v) is 5.68. The zero-order valence-corrected chi connectivity index (χ0v) is 20.9. The van der Waals surface area contributed by atoms with Gasteiger partial charge in [-0.25, -0.2) is 8.42 Å². The van der Waals surface area contributed by atoms with Crippen molar-refractivity contribution in [2.24, 2.45) is 5.73 Å². The molecule has 1 aliphatic heterocycles. The number of morpholine rings is 1. The predicted molar refractivity (Wildman–Crippen MR) is 134 cm³/mol. The van der Waals surface area contributed by atoms with E-state index in [1.807, 2.05) is 0 Å². The largest absolute Gasteiger partial charge is 0.379 e. The number of benzene rings is 2. The SMILES string of the molecule is NC(=O)C(CS)N(CCN1CCOCC1)S(=O)(=O)c1ccc(NC(=O)c2ccc(Cl)cc2)cc1. The van der Waals surface area contributed by atoms with Gasteiger partial charge in [0, 0.05) is 48.2 Å². The number of carbonyl (C=O) groups is 2. The van der Waals surface area contributed by atoms with E-state index in [0.717, 1.165) is 4.31 Å². The number of halogens is 1. The fourth-order valence-electron chi connectivity index (χ4n) is 3.48. The molecular formula is C22H27ClN4O5S2. The van der Waals surface area contributed by atoms with Gasteiger partial charge >= 0.3 is 0 Å². The van der Waals surface area contributed by atoms with Gasteiger partial charge in [-0.05, 0) is 48.5 Å². The second-order valence-corrected chi connectivity index (χ2v) is 10.3. The van der Waals surface area contributed by atoms with Crippen molar-refractivity contribution in [2.75, 3.05) is 50.5 Å². The molecule has 0 bridgehead atoms. The Hall–Kier alpha value is -2.15. The molecule has 12 heteroatoms. The van der Waals surface area contributed by atoms with Crippen LogP contribution in [0.4, 0.5) is 5.69 Å². The minimum absolute atomic E-state index is 0.0213. The molecule has 184 valence electrons. The van der Waals surface area contributed by atoms with Gasteiger partial charge in [0.25, 0.3) is 5.91 Å². The Bertz CT molecular complexity index is 1090. The third kappa shape index (κ3) is 6.71. The van der Waals surface area contributed by atoms with E-state index in [9.17, 15) is 18.0 Å². The molecule has 0 aromatic heterocycles. The average molecular weight is 527 g/mol. The zero-order chi connectivity index (χ0) is 24.7. The lowest BCUT2D eigenvalue weighted by molar-refractivity contribution is -0.121. The van der Waals surface area contributed by atoms with Crippen LogP contribution in [-0.2, 0) is 19.6 Å². The van der Waals surface area contributed by atoms with E-state index in [4.69, 9.17) is 22.1 Å². The summed E-state index contributed by atoms with van der Waals surface area (Å²) in [6, 6.07) is 11.0. The molecule has 0 spiro atoms. The number of carbonyl (C=O) groups excluding carboxylic acids is 2. The van der Waals surface area contributed by atoms with Crippen LogP contribution in [0.2, 0.25) is 5.02 Å². The van der Waals surface area contributed by atoms with Gasteiger partial charge in [0.05, 0.1) is 18.1 Å². The van der Waals surface area contributed by atoms with Crippen molar-refractivity contribution >= 4 is 51.8 Å². The molecule has 34 heavy (non-hydrogen) atoms. The fraction of sp³-hybridized carbons (Fsp3) is 0.364. The van der Waals surface area contributed by atoms with Crippen molar-refractivity contribution in [2.45, 2.75) is 10.9 Å². The number of anilines is 1. The van der Waals surface area contributed by atoms with Gasteiger partial charge in [0.2, 0.25) is 15.9 Å². The highest BCUT2D eigenvalue weighted by Gasteiger charge is 2.34. The highest BCUT2D eigenvalue weighted by atomic mass is 35.5. The Balaban J connectivity index is 1.77. The second kappa shape index (κ2) is 12.0. The molecule has 9 nitrogen and oxygen atoms in total. The number of nitrogens with zero attached hydrogens (tertiary/aromatic N) is 2. The molecule has 1 fully saturated rings. The first-order chi connectivity index (χ1) is 16.2. The van der Waals surface area contributed by atoms with Gasteiger partial charge in [0.1, 0.15) is 6.04 Å². The van der Waals surface area contributed by atoms with Crippen molar-refractivity contribution in [1.82, 2.24) is 9.21 Å². The Kier molecular flexibility index (Phi) is 9.34. The first-order valence-electron chi connectivity index (χ1n) is 10.6. The summed E-state index contributed by atoms with van der Waals surface area (Å²) in [4.78, 5) is 26.5. The maximum absolute atomic E-state index is 13.4. The number of amides is 2. The van der Waals surface area contributed by atoms with Gasteiger partial charge in [0.15, 0.2) is 0 Å². The van der Waals surface area contributed by atoms with Crippen LogP contribution in [0.15, 0.2) is 53.4 Å². The molecule has 1 unspecified atom stereocenters. The third-order valence-electron chi connectivity index (χ3n) is 5.41. The van der Waals surface area contributed by atoms with Crippen LogP contribution in [0.5, 0.6) is 0 Å². The minimum Gasteiger partial charge on any atom is -0.379 e. The second-order valence-electron chi connectivity index (χ2n) is 7.66. The van der Waals surface area contributed by atoms with Crippen LogP contribution in [-0.4, -0.2) is 80.6 Å². The number of rotatable bonds is 10. The number of primary amides is 1. The molecule has 1 atom stereocenters. The zero-order valence-electron chi connectivity index (χ0n) is 18.4. The van der Waals surface area contributed by atoms with E-state index in [1.165, 1.54) is 24.3 Å². The molecule has 3 N–H and O–H groups in total. The summed E-state index contributed by atoms with van der Waals surface area (Å²) < 4.78 is 33.3. The van der Waals surface area contributed by atoms with Crippen LogP contribution in [0.1, 0.15) is 10.4 Å². The molecule has 2 aromatic carbocycles. The lowest BCUT2D eigenvalue weighted by Crippen LogP contribution is -2.52. The first kappa shape index (κ1) is 26.5. The molecular weight excluding hydrogens is 500 g/mol. The molecule has 2 aromatic rings. The van der Waals surface area contributed by atoms with E-state index >= 15 is 0 Å². The number of nitrogens with two attached hydrogens (primary N) is 1. The van der Waals surface area contributed by atoms with Crippen molar-refractivity contribution in [1.29, 1.82) is 0 Å². The number of nitrogens with one attached hydrogen (secondary N) is 1. The quantitative estimate of drug-likeness (QED) is 0.405. The van der Waals surface area contributed by atoms with Crippen LogP contribution in [0.25, 0.3) is 0 Å². The lowest BCUT2D eigenvalue weighted by atomic mass is 10.2. The Labute approximate surface area is 209 Å². The van der Waals surface area contributed by atoms with Crippen LogP contribution < -0.4 is 11.1 Å². The summed E-state index contributed by atoms with van der Waals surface area (Å²) in [5.74, 6) is -1.18. The summed E-state index contributed by atoms with van der Waals surface area (Å²) in [6.07, 6.45) is 0. The molecule has 1 heterocycles. The molecule has 0 saturated carbocycles. The van der Waals surface area contributed by atoms with Crippen molar-refractivity contribution in [3.63, 3.8) is 0 Å². The van der Waals surface area contributed by atoms with Gasteiger partial charge in [-0.2, -0.15) is 16.9 Å². The van der Waals surface area contributed by atoms with Gasteiger partial charge in [-0.3, -0.25) is 14.5 Å². The summed E-state index contributed by atoms with van der Waals surface area (Å²) in [7, 11) is -4.06. The van der Waals surface area contributed by atoms with E-state index in [0.29, 0.717) is 49.1 Å². The summed E-state index contributed by atoms with van der Waals surface area (Å²) >= 11 is 10.0. The van der Waals surface area contributed by atoms with E-state index in [-0.39, 0.29) is 23.1 Å². The van der Waals surface area contributed by atoms with E-state index in [2.05, 4.69) is 22.8 Å². The number of ether oxygens (including phenoxy) is 1. The molecule has 1 aliphatic rings. The standard InChI is InChI=1S/C22H27ClN4O5S2/c23-17-3-1-16(2-4-17)22(29)25-18-5-7-19(8-6-18)34(30,31)27(20(15-33)21(24)28)10-9-26-11-13-32-14-12-26/h1-8,20,33H,9-15H2,(H2,24,28)(H,25,29). The molecule has 2 amide bonds. The molecule has 0 aliphatic carbocycles. The van der Waals surface area contributed by atoms with Crippen molar-refractivity contribution in [3.8, 4) is 0 Å². The number of hydrogen-bond donors (Lipinski definition) is 3. The monoisotopic (exact) mass is 526 g/mol. The average Bonchev–Trinajstić information content (AvgIpc) is 2.82. The third-order valence-corrected chi connectivity index (χ3v) is 7.93. The maximum atomic E-state index is 13.4. The Morgan fingerprint density at radius 2 is 1.74 bits per heavy atom. The first-order valence-corrected chi connectivity index (χ1v) is 13.1. The molecule has 1 saturated heterocycles. The van der Waals surface area contributed by atoms with Gasteiger partial charge < -0.3 is 15.8 Å². The van der Waals surface area contributed by atoms with Gasteiger partial charge in [-0.1, -0.05) is 11.6 Å². The number of thiol groups is 1. The highest BCUT2D eigenvalue weighted by Crippen LogP contribution is 2.22. The number of sulfonamides is 1. The van der Waals surface area contributed by atoms with Crippen LogP contribution >= 0.6 is 24.2 Å². The maximum Gasteiger partial charge on any atom is 0.255 e. The van der Waals surface area contributed by atoms with Crippen molar-refractivity contribution < 1.29 is 22.7 Å². The minimum atomic E-state index is -4.06. The lowest BCUT2D eigenvalue weighted by Gasteiger charge is -2.32. The normalized spacial score (nSPS) is 15.7. The Morgan fingerprint density at radius 3 is 2.29 bits per heavy atom. The molecule has 3 rings (SSSR count). The van der Waals surface area contributed by atoms with Gasteiger partial charge in [-0.15, -0.1) is 0 Å². The van der Waals surface area contributed by atoms with E-state index < -0.39 is 22.0 Å². The topological polar surface area (TPSA) is 122 Å². The predicted octanol–water partition coefficient (Wildman–Crippen LogP) is 1.70. The summed E-state index contributed by atoms with van der Waals surface area (Å²) in [5.41, 5.74) is 6.32. The van der Waals surface area contributed by atoms with E-state index in [1.54, 1.807) is 24.3 Å². The van der Waals surface area contributed by atoms with Crippen molar-refractivity contribution in [3.05, 3.63) is 59.1 Å².